The van der Waals surface area contributed by atoms with Gasteiger partial charge in [-0.15, -0.1) is 0 Å². The van der Waals surface area contributed by atoms with E-state index in [0.29, 0.717) is 6.42 Å². The summed E-state index contributed by atoms with van der Waals surface area (Å²) in [4.78, 5) is 9.16. The summed E-state index contributed by atoms with van der Waals surface area (Å²) in [5.41, 5.74) is 2.22. The van der Waals surface area contributed by atoms with E-state index in [9.17, 15) is 10.2 Å². The van der Waals surface area contributed by atoms with Gasteiger partial charge in [0.05, 0.1) is 6.10 Å². The molecule has 152 valence electrons. The quantitative estimate of drug-likeness (QED) is 0.685. The number of aromatic nitrogens is 2. The molecule has 0 saturated heterocycles. The summed E-state index contributed by atoms with van der Waals surface area (Å²) < 4.78 is 0. The van der Waals surface area contributed by atoms with Crippen molar-refractivity contribution in [3.63, 3.8) is 0 Å². The lowest BCUT2D eigenvalue weighted by Crippen LogP contribution is -2.37. The summed E-state index contributed by atoms with van der Waals surface area (Å²) in [5, 5.41) is 24.0. The van der Waals surface area contributed by atoms with Crippen LogP contribution in [0.1, 0.15) is 39.3 Å². The molecule has 5 nitrogen and oxygen atoms in total. The third kappa shape index (κ3) is 5.37. The Hall–Kier alpha value is -1.82. The van der Waals surface area contributed by atoms with Crippen molar-refractivity contribution in [3.8, 4) is 11.4 Å². The highest BCUT2D eigenvalue weighted by Gasteiger charge is 2.42. The maximum absolute atomic E-state index is 10.5. The standard InChI is InChI=1S/C23H33N3O2/c1-23(2,3)10-12-24-20-14-21(28)19(15-27)18(20)13-17-9-11-25-22(26-17)16-7-5-4-6-8-16/h4-9,11,18-21,24,27-28H,10,12-15H2,1-3H3. The molecule has 1 aromatic heterocycles. The minimum absolute atomic E-state index is 0.0000891. The number of hydrogen-bond acceptors (Lipinski definition) is 5. The Balaban J connectivity index is 1.73. The normalized spacial score (nSPS) is 25.2. The van der Waals surface area contributed by atoms with E-state index in [-0.39, 0.29) is 29.9 Å². The summed E-state index contributed by atoms with van der Waals surface area (Å²) in [6.07, 6.45) is 3.79. The van der Waals surface area contributed by atoms with Gasteiger partial charge in [0.2, 0.25) is 0 Å². The van der Waals surface area contributed by atoms with Crippen molar-refractivity contribution in [2.24, 2.45) is 17.3 Å². The topological polar surface area (TPSA) is 78.3 Å². The Morgan fingerprint density at radius 2 is 1.86 bits per heavy atom. The van der Waals surface area contributed by atoms with Gasteiger partial charge in [-0.3, -0.25) is 0 Å². The second kappa shape index (κ2) is 9.12. The van der Waals surface area contributed by atoms with E-state index in [4.69, 9.17) is 4.98 Å². The molecule has 3 rings (SSSR count). The maximum Gasteiger partial charge on any atom is 0.159 e. The van der Waals surface area contributed by atoms with Crippen molar-refractivity contribution >= 4 is 0 Å². The van der Waals surface area contributed by atoms with Crippen molar-refractivity contribution < 1.29 is 10.2 Å². The third-order valence-electron chi connectivity index (χ3n) is 5.74. The Bertz CT molecular complexity index is 745. The lowest BCUT2D eigenvalue weighted by atomic mass is 9.88. The molecule has 1 aliphatic carbocycles. The van der Waals surface area contributed by atoms with Crippen LogP contribution in [0.25, 0.3) is 11.4 Å². The number of aliphatic hydroxyl groups is 2. The zero-order chi connectivity index (χ0) is 20.1. The minimum Gasteiger partial charge on any atom is -0.396 e. The first-order valence-electron chi connectivity index (χ1n) is 10.3. The number of benzene rings is 1. The van der Waals surface area contributed by atoms with Gasteiger partial charge in [0.15, 0.2) is 5.82 Å². The molecule has 0 bridgehead atoms. The first-order chi connectivity index (χ1) is 13.4. The van der Waals surface area contributed by atoms with Crippen LogP contribution in [0.15, 0.2) is 42.6 Å². The van der Waals surface area contributed by atoms with Gasteiger partial charge in [0.25, 0.3) is 0 Å². The first kappa shape index (κ1) is 20.9. The predicted molar refractivity (Wildman–Crippen MR) is 112 cm³/mol. The molecule has 1 fully saturated rings. The van der Waals surface area contributed by atoms with Gasteiger partial charge in [0, 0.05) is 36.0 Å². The monoisotopic (exact) mass is 383 g/mol. The largest absolute Gasteiger partial charge is 0.396 e. The molecule has 0 amide bonds. The predicted octanol–water partition coefficient (Wildman–Crippen LogP) is 3.07. The second-order valence-electron chi connectivity index (χ2n) is 9.13. The molecule has 3 N–H and O–H groups in total. The van der Waals surface area contributed by atoms with Crippen molar-refractivity contribution in [2.45, 2.75) is 52.2 Å². The highest BCUT2D eigenvalue weighted by atomic mass is 16.3. The van der Waals surface area contributed by atoms with Crippen LogP contribution in [0.5, 0.6) is 0 Å². The molecule has 4 atom stereocenters. The zero-order valence-corrected chi connectivity index (χ0v) is 17.2. The van der Waals surface area contributed by atoms with Gasteiger partial charge >= 0.3 is 0 Å². The van der Waals surface area contributed by atoms with Crippen LogP contribution in [0.2, 0.25) is 0 Å². The molecule has 1 heterocycles. The summed E-state index contributed by atoms with van der Waals surface area (Å²) in [7, 11) is 0. The number of rotatable bonds is 7. The Kier molecular flexibility index (Phi) is 6.81. The van der Waals surface area contributed by atoms with Crippen molar-refractivity contribution in [1.29, 1.82) is 0 Å². The maximum atomic E-state index is 10.5. The van der Waals surface area contributed by atoms with Crippen LogP contribution >= 0.6 is 0 Å². The third-order valence-corrected chi connectivity index (χ3v) is 5.74. The van der Waals surface area contributed by atoms with Gasteiger partial charge in [-0.05, 0) is 43.2 Å². The fraction of sp³-hybridized carbons (Fsp3) is 0.565. The molecule has 1 aromatic carbocycles. The van der Waals surface area contributed by atoms with Gasteiger partial charge in [-0.2, -0.15) is 0 Å². The number of aliphatic hydroxyl groups excluding tert-OH is 2. The Labute approximate surface area is 168 Å². The van der Waals surface area contributed by atoms with Crippen LogP contribution in [-0.2, 0) is 6.42 Å². The SMILES string of the molecule is CC(C)(C)CCNC1CC(O)C(CO)C1Cc1ccnc(-c2ccccc2)n1. The fourth-order valence-electron chi connectivity index (χ4n) is 4.09. The van der Waals surface area contributed by atoms with Crippen molar-refractivity contribution in [2.75, 3.05) is 13.2 Å². The molecule has 0 spiro atoms. The molecular weight excluding hydrogens is 350 g/mol. The molecule has 1 aliphatic rings. The summed E-state index contributed by atoms with van der Waals surface area (Å²) in [6, 6.07) is 12.1. The Morgan fingerprint density at radius 1 is 1.11 bits per heavy atom. The lowest BCUT2D eigenvalue weighted by Gasteiger charge is -2.26. The van der Waals surface area contributed by atoms with Crippen molar-refractivity contribution in [3.05, 3.63) is 48.3 Å². The van der Waals surface area contributed by atoms with Gasteiger partial charge in [-0.1, -0.05) is 51.1 Å². The Morgan fingerprint density at radius 3 is 2.54 bits per heavy atom. The molecule has 0 radical (unpaired) electrons. The van der Waals surface area contributed by atoms with E-state index in [0.717, 1.165) is 36.5 Å². The van der Waals surface area contributed by atoms with E-state index >= 15 is 0 Å². The van der Waals surface area contributed by atoms with Crippen molar-refractivity contribution in [1.82, 2.24) is 15.3 Å². The van der Waals surface area contributed by atoms with Gasteiger partial charge in [-0.25, -0.2) is 9.97 Å². The minimum atomic E-state index is -0.474. The van der Waals surface area contributed by atoms with E-state index in [1.807, 2.05) is 36.4 Å². The van der Waals surface area contributed by atoms with E-state index < -0.39 is 6.10 Å². The summed E-state index contributed by atoms with van der Waals surface area (Å²) in [6.45, 7) is 7.61. The molecule has 4 unspecified atom stereocenters. The summed E-state index contributed by atoms with van der Waals surface area (Å²) in [5.74, 6) is 0.746. The number of hydrogen-bond donors (Lipinski definition) is 3. The molecule has 2 aromatic rings. The average Bonchev–Trinajstić information content (AvgIpc) is 2.96. The summed E-state index contributed by atoms with van der Waals surface area (Å²) >= 11 is 0. The van der Waals surface area contributed by atoms with Gasteiger partial charge in [0.1, 0.15) is 0 Å². The lowest BCUT2D eigenvalue weighted by molar-refractivity contribution is 0.0716. The van der Waals surface area contributed by atoms with Crippen LogP contribution in [-0.4, -0.2) is 45.5 Å². The van der Waals surface area contributed by atoms with E-state index in [2.05, 4.69) is 31.1 Å². The molecule has 0 aliphatic heterocycles. The highest BCUT2D eigenvalue weighted by Crippen LogP contribution is 2.35. The molecule has 28 heavy (non-hydrogen) atoms. The number of nitrogens with zero attached hydrogens (tertiary/aromatic N) is 2. The fourth-order valence-corrected chi connectivity index (χ4v) is 4.09. The molecule has 5 heteroatoms. The number of nitrogens with one attached hydrogen (secondary N) is 1. The zero-order valence-electron chi connectivity index (χ0n) is 17.2. The smallest absolute Gasteiger partial charge is 0.159 e. The van der Waals surface area contributed by atoms with Crippen LogP contribution in [0.3, 0.4) is 0 Å². The van der Waals surface area contributed by atoms with E-state index in [1.165, 1.54) is 0 Å². The van der Waals surface area contributed by atoms with Gasteiger partial charge < -0.3 is 15.5 Å². The van der Waals surface area contributed by atoms with E-state index in [1.54, 1.807) is 6.20 Å². The first-order valence-corrected chi connectivity index (χ1v) is 10.3. The highest BCUT2D eigenvalue weighted by molar-refractivity contribution is 5.54. The van der Waals surface area contributed by atoms with Crippen LogP contribution in [0.4, 0.5) is 0 Å². The second-order valence-corrected chi connectivity index (χ2v) is 9.13. The van der Waals surface area contributed by atoms with Crippen LogP contribution in [0, 0.1) is 17.3 Å². The van der Waals surface area contributed by atoms with Crippen LogP contribution < -0.4 is 5.32 Å². The molecule has 1 saturated carbocycles. The molecular formula is C23H33N3O2. The average molecular weight is 384 g/mol.